The van der Waals surface area contributed by atoms with Crippen molar-refractivity contribution in [2.75, 3.05) is 25.5 Å². The van der Waals surface area contributed by atoms with Crippen LogP contribution < -0.4 is 10.6 Å². The molecule has 2 rings (SSSR count). The highest BCUT2D eigenvalue weighted by Crippen LogP contribution is 2.18. The lowest BCUT2D eigenvalue weighted by Gasteiger charge is -2.22. The summed E-state index contributed by atoms with van der Waals surface area (Å²) in [5.74, 6) is -1.86. The van der Waals surface area contributed by atoms with Gasteiger partial charge in [0, 0.05) is 24.3 Å². The van der Waals surface area contributed by atoms with Gasteiger partial charge in [0.1, 0.15) is 6.04 Å². The van der Waals surface area contributed by atoms with Gasteiger partial charge in [0.25, 0.3) is 5.91 Å². The first kappa shape index (κ1) is 27.0. The van der Waals surface area contributed by atoms with Gasteiger partial charge in [-0.2, -0.15) is 4.31 Å². The summed E-state index contributed by atoms with van der Waals surface area (Å²) in [4.78, 5) is 37.6. The molecule has 0 bridgehead atoms. The van der Waals surface area contributed by atoms with Gasteiger partial charge in [-0.25, -0.2) is 13.2 Å². The molecule has 2 amide bonds. The van der Waals surface area contributed by atoms with Gasteiger partial charge in [0.05, 0.1) is 17.6 Å². The number of hydrogen-bond donors (Lipinski definition) is 2. The standard InChI is InChI=1S/C24H31N3O6S/c1-6-27(7-2)34(31,32)20-13-9-10-17(15-20)22(28)26-21(16(3)4)23(29)25-19-12-8-11-18(14-19)24(30)33-5/h8-16,21H,6-7H2,1-5H3,(H,25,29)(H,26,28). The van der Waals surface area contributed by atoms with Gasteiger partial charge < -0.3 is 15.4 Å². The molecule has 0 heterocycles. The van der Waals surface area contributed by atoms with Crippen LogP contribution in [0.3, 0.4) is 0 Å². The number of carbonyl (C=O) groups excluding carboxylic acids is 3. The molecule has 0 saturated heterocycles. The summed E-state index contributed by atoms with van der Waals surface area (Å²) in [6, 6.07) is 11.1. The number of hydrogen-bond acceptors (Lipinski definition) is 6. The minimum Gasteiger partial charge on any atom is -0.465 e. The van der Waals surface area contributed by atoms with Crippen molar-refractivity contribution in [2.24, 2.45) is 5.92 Å². The Bertz CT molecular complexity index is 1140. The number of esters is 1. The molecule has 10 heteroatoms. The molecule has 0 fully saturated rings. The second-order valence-electron chi connectivity index (χ2n) is 7.87. The third-order valence-electron chi connectivity index (χ3n) is 5.23. The predicted octanol–water partition coefficient (Wildman–Crippen LogP) is 2.90. The van der Waals surface area contributed by atoms with E-state index in [0.717, 1.165) is 0 Å². The van der Waals surface area contributed by atoms with Gasteiger partial charge in [-0.1, -0.05) is 39.8 Å². The molecule has 34 heavy (non-hydrogen) atoms. The van der Waals surface area contributed by atoms with Crippen molar-refractivity contribution in [2.45, 2.75) is 38.6 Å². The van der Waals surface area contributed by atoms with Crippen molar-refractivity contribution in [3.63, 3.8) is 0 Å². The van der Waals surface area contributed by atoms with Crippen LogP contribution in [0.15, 0.2) is 53.4 Å². The maximum atomic E-state index is 12.9. The molecule has 0 aliphatic carbocycles. The largest absolute Gasteiger partial charge is 0.465 e. The van der Waals surface area contributed by atoms with Crippen LogP contribution in [0.2, 0.25) is 0 Å². The van der Waals surface area contributed by atoms with Crippen molar-refractivity contribution in [3.8, 4) is 0 Å². The van der Waals surface area contributed by atoms with Crippen LogP contribution in [0, 0.1) is 5.92 Å². The van der Waals surface area contributed by atoms with E-state index in [1.165, 1.54) is 41.7 Å². The molecule has 0 saturated carbocycles. The molecule has 0 aliphatic rings. The van der Waals surface area contributed by atoms with E-state index in [-0.39, 0.29) is 21.9 Å². The zero-order valence-corrected chi connectivity index (χ0v) is 20.8. The molecule has 2 N–H and O–H groups in total. The van der Waals surface area contributed by atoms with Gasteiger partial charge in [-0.05, 0) is 42.3 Å². The Morgan fingerprint density at radius 3 is 2.18 bits per heavy atom. The molecule has 0 radical (unpaired) electrons. The maximum absolute atomic E-state index is 12.9. The third kappa shape index (κ3) is 6.42. The van der Waals surface area contributed by atoms with Crippen molar-refractivity contribution < 1.29 is 27.5 Å². The second-order valence-corrected chi connectivity index (χ2v) is 9.81. The zero-order chi connectivity index (χ0) is 25.5. The van der Waals surface area contributed by atoms with Crippen LogP contribution in [0.4, 0.5) is 5.69 Å². The van der Waals surface area contributed by atoms with Crippen molar-refractivity contribution in [1.29, 1.82) is 0 Å². The van der Waals surface area contributed by atoms with E-state index in [0.29, 0.717) is 18.8 Å². The van der Waals surface area contributed by atoms with Crippen LogP contribution in [0.1, 0.15) is 48.4 Å². The van der Waals surface area contributed by atoms with Gasteiger partial charge in [-0.15, -0.1) is 0 Å². The number of amides is 2. The molecule has 0 aliphatic heterocycles. The highest BCUT2D eigenvalue weighted by atomic mass is 32.2. The van der Waals surface area contributed by atoms with Crippen molar-refractivity contribution >= 4 is 33.5 Å². The van der Waals surface area contributed by atoms with E-state index in [2.05, 4.69) is 10.6 Å². The average Bonchev–Trinajstić information content (AvgIpc) is 2.82. The summed E-state index contributed by atoms with van der Waals surface area (Å²) < 4.78 is 31.6. The molecule has 1 atom stereocenters. The molecule has 2 aromatic rings. The highest BCUT2D eigenvalue weighted by Gasteiger charge is 2.27. The summed E-state index contributed by atoms with van der Waals surface area (Å²) in [5, 5.41) is 5.39. The molecular formula is C24H31N3O6S. The predicted molar refractivity (Wildman–Crippen MR) is 129 cm³/mol. The lowest BCUT2D eigenvalue weighted by atomic mass is 10.0. The van der Waals surface area contributed by atoms with Crippen LogP contribution in [0.5, 0.6) is 0 Å². The van der Waals surface area contributed by atoms with E-state index < -0.39 is 33.8 Å². The van der Waals surface area contributed by atoms with Crippen LogP contribution in [0.25, 0.3) is 0 Å². The normalized spacial score (nSPS) is 12.3. The van der Waals surface area contributed by atoms with Crippen LogP contribution >= 0.6 is 0 Å². The van der Waals surface area contributed by atoms with Crippen LogP contribution in [-0.4, -0.2) is 56.7 Å². The quantitative estimate of drug-likeness (QED) is 0.495. The maximum Gasteiger partial charge on any atom is 0.337 e. The Kier molecular flexibility index (Phi) is 9.34. The monoisotopic (exact) mass is 489 g/mol. The van der Waals surface area contributed by atoms with E-state index in [1.807, 2.05) is 0 Å². The lowest BCUT2D eigenvalue weighted by Crippen LogP contribution is -2.47. The number of rotatable bonds is 10. The van der Waals surface area contributed by atoms with Gasteiger partial charge in [0.15, 0.2) is 0 Å². The van der Waals surface area contributed by atoms with E-state index in [9.17, 15) is 22.8 Å². The zero-order valence-electron chi connectivity index (χ0n) is 20.0. The molecule has 1 unspecified atom stereocenters. The lowest BCUT2D eigenvalue weighted by molar-refractivity contribution is -0.118. The number of benzene rings is 2. The van der Waals surface area contributed by atoms with Crippen molar-refractivity contribution in [1.82, 2.24) is 9.62 Å². The molecule has 0 spiro atoms. The molecular weight excluding hydrogens is 458 g/mol. The second kappa shape index (κ2) is 11.8. The number of carbonyl (C=O) groups is 3. The highest BCUT2D eigenvalue weighted by molar-refractivity contribution is 7.89. The molecule has 9 nitrogen and oxygen atoms in total. The SMILES string of the molecule is CCN(CC)S(=O)(=O)c1cccc(C(=O)NC(C(=O)Nc2cccc(C(=O)OC)c2)C(C)C)c1. The first-order chi connectivity index (χ1) is 16.0. The van der Waals surface area contributed by atoms with E-state index in [4.69, 9.17) is 4.74 Å². The topological polar surface area (TPSA) is 122 Å². The van der Waals surface area contributed by atoms with Crippen molar-refractivity contribution in [3.05, 3.63) is 59.7 Å². The summed E-state index contributed by atoms with van der Waals surface area (Å²) in [7, 11) is -2.47. The van der Waals surface area contributed by atoms with Gasteiger partial charge in [-0.3, -0.25) is 9.59 Å². The van der Waals surface area contributed by atoms with E-state index >= 15 is 0 Å². The van der Waals surface area contributed by atoms with E-state index in [1.54, 1.807) is 45.9 Å². The number of anilines is 1. The summed E-state index contributed by atoms with van der Waals surface area (Å²) >= 11 is 0. The molecule has 0 aromatic heterocycles. The fraction of sp³-hybridized carbons (Fsp3) is 0.375. The van der Waals surface area contributed by atoms with Gasteiger partial charge >= 0.3 is 5.97 Å². The fourth-order valence-corrected chi connectivity index (χ4v) is 4.84. The third-order valence-corrected chi connectivity index (χ3v) is 7.27. The average molecular weight is 490 g/mol. The van der Waals surface area contributed by atoms with Crippen LogP contribution in [-0.2, 0) is 19.6 Å². The molecule has 184 valence electrons. The summed E-state index contributed by atoms with van der Waals surface area (Å²) in [6.07, 6.45) is 0. The Balaban J connectivity index is 2.23. The number of methoxy groups -OCH3 is 1. The fourth-order valence-electron chi connectivity index (χ4n) is 3.33. The number of nitrogens with one attached hydrogen (secondary N) is 2. The molecule has 2 aromatic carbocycles. The number of nitrogens with zero attached hydrogens (tertiary/aromatic N) is 1. The Morgan fingerprint density at radius 2 is 1.59 bits per heavy atom. The Labute approximate surface area is 200 Å². The minimum atomic E-state index is -3.74. The number of ether oxygens (including phenoxy) is 1. The summed E-state index contributed by atoms with van der Waals surface area (Å²) in [6.45, 7) is 7.64. The first-order valence-corrected chi connectivity index (χ1v) is 12.4. The van der Waals surface area contributed by atoms with Gasteiger partial charge in [0.2, 0.25) is 15.9 Å². The first-order valence-electron chi connectivity index (χ1n) is 10.9. The Morgan fingerprint density at radius 1 is 0.971 bits per heavy atom. The smallest absolute Gasteiger partial charge is 0.337 e. The summed E-state index contributed by atoms with van der Waals surface area (Å²) in [5.41, 5.74) is 0.774. The Hall–Kier alpha value is -3.24. The minimum absolute atomic E-state index is 0.00836. The number of sulfonamides is 1.